The summed E-state index contributed by atoms with van der Waals surface area (Å²) in [6, 6.07) is 1.72. The monoisotopic (exact) mass is 237 g/mol. The van der Waals surface area contributed by atoms with E-state index in [0.717, 1.165) is 5.69 Å². The minimum atomic E-state index is -0.760. The molecule has 1 saturated carbocycles. The van der Waals surface area contributed by atoms with E-state index in [1.807, 2.05) is 6.92 Å². The Bertz CT molecular complexity index is 444. The molecule has 17 heavy (non-hydrogen) atoms. The third kappa shape index (κ3) is 2.46. The molecular formula is C11H15N3O3. The summed E-state index contributed by atoms with van der Waals surface area (Å²) in [7, 11) is 1.53. The number of rotatable bonds is 5. The van der Waals surface area contributed by atoms with E-state index < -0.39 is 11.4 Å². The van der Waals surface area contributed by atoms with Gasteiger partial charge in [0.15, 0.2) is 0 Å². The zero-order chi connectivity index (χ0) is 12.5. The fourth-order valence-electron chi connectivity index (χ4n) is 1.59. The predicted molar refractivity (Wildman–Crippen MR) is 61.1 cm³/mol. The number of hydrogen-bond acceptors (Lipinski definition) is 5. The van der Waals surface area contributed by atoms with Crippen molar-refractivity contribution in [3.05, 3.63) is 11.8 Å². The highest BCUT2D eigenvalue weighted by Crippen LogP contribution is 2.45. The first kappa shape index (κ1) is 11.6. The van der Waals surface area contributed by atoms with Crippen molar-refractivity contribution in [2.75, 3.05) is 19.0 Å². The van der Waals surface area contributed by atoms with Gasteiger partial charge in [-0.25, -0.2) is 4.98 Å². The first-order valence-electron chi connectivity index (χ1n) is 5.43. The number of carboxylic acids is 1. The van der Waals surface area contributed by atoms with Crippen LogP contribution in [0.3, 0.4) is 0 Å². The van der Waals surface area contributed by atoms with Gasteiger partial charge in [0.25, 0.3) is 0 Å². The van der Waals surface area contributed by atoms with E-state index in [2.05, 4.69) is 15.3 Å². The van der Waals surface area contributed by atoms with Gasteiger partial charge in [-0.05, 0) is 19.8 Å². The number of carbonyl (C=O) groups is 1. The SMILES string of the molecule is COc1cc(C)nc(NCC2(C(=O)O)CC2)n1. The molecule has 92 valence electrons. The van der Waals surface area contributed by atoms with Crippen LogP contribution in [0, 0.1) is 12.3 Å². The lowest BCUT2D eigenvalue weighted by atomic mass is 10.1. The molecule has 1 aromatic rings. The van der Waals surface area contributed by atoms with Gasteiger partial charge in [-0.1, -0.05) is 0 Å². The second-order valence-electron chi connectivity index (χ2n) is 4.31. The molecule has 1 aliphatic rings. The van der Waals surface area contributed by atoms with Crippen LogP contribution in [0.5, 0.6) is 5.88 Å². The van der Waals surface area contributed by atoms with E-state index >= 15 is 0 Å². The first-order chi connectivity index (χ1) is 8.05. The van der Waals surface area contributed by atoms with Crippen LogP contribution in [0.4, 0.5) is 5.95 Å². The molecule has 0 amide bonds. The maximum Gasteiger partial charge on any atom is 0.311 e. The van der Waals surface area contributed by atoms with Crippen LogP contribution >= 0.6 is 0 Å². The Labute approximate surface area is 99.0 Å². The van der Waals surface area contributed by atoms with Crippen LogP contribution in [-0.4, -0.2) is 34.7 Å². The molecule has 0 radical (unpaired) electrons. The number of ether oxygens (including phenoxy) is 1. The lowest BCUT2D eigenvalue weighted by Crippen LogP contribution is -2.25. The molecule has 1 aliphatic carbocycles. The standard InChI is InChI=1S/C11H15N3O3/c1-7-5-8(17-2)14-10(13-7)12-6-11(3-4-11)9(15)16/h5H,3-4,6H2,1-2H3,(H,15,16)(H,12,13,14). The quantitative estimate of drug-likeness (QED) is 0.796. The predicted octanol–water partition coefficient (Wildman–Crippen LogP) is 1.07. The molecule has 0 aliphatic heterocycles. The van der Waals surface area contributed by atoms with Crippen molar-refractivity contribution < 1.29 is 14.6 Å². The van der Waals surface area contributed by atoms with Gasteiger partial charge in [-0.15, -0.1) is 0 Å². The van der Waals surface area contributed by atoms with Gasteiger partial charge in [0, 0.05) is 18.3 Å². The molecule has 6 heteroatoms. The number of anilines is 1. The van der Waals surface area contributed by atoms with Crippen LogP contribution in [-0.2, 0) is 4.79 Å². The molecule has 1 fully saturated rings. The van der Waals surface area contributed by atoms with Gasteiger partial charge < -0.3 is 15.2 Å². The smallest absolute Gasteiger partial charge is 0.311 e. The van der Waals surface area contributed by atoms with Crippen LogP contribution in [0.2, 0.25) is 0 Å². The number of hydrogen-bond donors (Lipinski definition) is 2. The van der Waals surface area contributed by atoms with E-state index in [0.29, 0.717) is 31.2 Å². The summed E-state index contributed by atoms with van der Waals surface area (Å²) in [6.45, 7) is 2.19. The van der Waals surface area contributed by atoms with Gasteiger partial charge in [0.2, 0.25) is 11.8 Å². The number of nitrogens with one attached hydrogen (secondary N) is 1. The number of aromatic nitrogens is 2. The van der Waals surface area contributed by atoms with Crippen LogP contribution in [0.25, 0.3) is 0 Å². The van der Waals surface area contributed by atoms with Crippen molar-refractivity contribution in [1.29, 1.82) is 0 Å². The lowest BCUT2D eigenvalue weighted by Gasteiger charge is -2.11. The molecule has 1 heterocycles. The zero-order valence-corrected chi connectivity index (χ0v) is 9.86. The lowest BCUT2D eigenvalue weighted by molar-refractivity contribution is -0.142. The fraction of sp³-hybridized carbons (Fsp3) is 0.545. The number of aryl methyl sites for hydroxylation is 1. The minimum Gasteiger partial charge on any atom is -0.481 e. The third-order valence-corrected chi connectivity index (χ3v) is 2.93. The molecular weight excluding hydrogens is 222 g/mol. The van der Waals surface area contributed by atoms with Crippen LogP contribution in [0.1, 0.15) is 18.5 Å². The van der Waals surface area contributed by atoms with E-state index in [-0.39, 0.29) is 0 Å². The van der Waals surface area contributed by atoms with E-state index in [1.165, 1.54) is 7.11 Å². The van der Waals surface area contributed by atoms with Gasteiger partial charge in [0.05, 0.1) is 12.5 Å². The second-order valence-corrected chi connectivity index (χ2v) is 4.31. The number of nitrogens with zero attached hydrogens (tertiary/aromatic N) is 2. The Morgan fingerprint density at radius 1 is 1.59 bits per heavy atom. The van der Waals surface area contributed by atoms with Gasteiger partial charge >= 0.3 is 5.97 Å². The van der Waals surface area contributed by atoms with Gasteiger partial charge in [-0.3, -0.25) is 4.79 Å². The topological polar surface area (TPSA) is 84.3 Å². The third-order valence-electron chi connectivity index (χ3n) is 2.93. The van der Waals surface area contributed by atoms with Crippen LogP contribution < -0.4 is 10.1 Å². The molecule has 0 bridgehead atoms. The summed E-state index contributed by atoms with van der Waals surface area (Å²) >= 11 is 0. The average molecular weight is 237 g/mol. The molecule has 0 atom stereocenters. The van der Waals surface area contributed by atoms with Gasteiger partial charge in [-0.2, -0.15) is 4.98 Å². The Morgan fingerprint density at radius 2 is 2.29 bits per heavy atom. The van der Waals surface area contributed by atoms with Crippen molar-refractivity contribution in [2.24, 2.45) is 5.41 Å². The summed E-state index contributed by atoms with van der Waals surface area (Å²) in [5, 5.41) is 12.0. The average Bonchev–Trinajstić information content (AvgIpc) is 3.06. The zero-order valence-electron chi connectivity index (χ0n) is 9.86. The normalized spacial score (nSPS) is 16.4. The summed E-state index contributed by atoms with van der Waals surface area (Å²) in [4.78, 5) is 19.3. The number of carboxylic acid groups (broad SMARTS) is 1. The van der Waals surface area contributed by atoms with Crippen molar-refractivity contribution >= 4 is 11.9 Å². The summed E-state index contributed by atoms with van der Waals surface area (Å²) in [5.41, 5.74) is 0.153. The van der Waals surface area contributed by atoms with E-state index in [4.69, 9.17) is 9.84 Å². The number of methoxy groups -OCH3 is 1. The Kier molecular flexibility index (Phi) is 2.87. The molecule has 2 rings (SSSR count). The number of aliphatic carboxylic acids is 1. The molecule has 1 aromatic heterocycles. The Morgan fingerprint density at radius 3 is 2.82 bits per heavy atom. The Hall–Kier alpha value is -1.85. The maximum absolute atomic E-state index is 11.0. The molecule has 0 unspecified atom stereocenters. The largest absolute Gasteiger partial charge is 0.481 e. The summed E-state index contributed by atoms with van der Waals surface area (Å²) in [6.07, 6.45) is 1.41. The summed E-state index contributed by atoms with van der Waals surface area (Å²) < 4.78 is 5.02. The summed E-state index contributed by atoms with van der Waals surface area (Å²) in [5.74, 6) is 0.124. The van der Waals surface area contributed by atoms with Gasteiger partial charge in [0.1, 0.15) is 0 Å². The molecule has 2 N–H and O–H groups in total. The van der Waals surface area contributed by atoms with E-state index in [1.54, 1.807) is 6.07 Å². The molecule has 0 spiro atoms. The minimum absolute atomic E-state index is 0.356. The first-order valence-corrected chi connectivity index (χ1v) is 5.43. The Balaban J connectivity index is 2.04. The second kappa shape index (κ2) is 4.20. The van der Waals surface area contributed by atoms with Crippen molar-refractivity contribution in [3.63, 3.8) is 0 Å². The molecule has 6 nitrogen and oxygen atoms in total. The molecule has 0 aromatic carbocycles. The fourth-order valence-corrected chi connectivity index (χ4v) is 1.59. The maximum atomic E-state index is 11.0. The van der Waals surface area contributed by atoms with Crippen LogP contribution in [0.15, 0.2) is 6.07 Å². The van der Waals surface area contributed by atoms with E-state index in [9.17, 15) is 4.79 Å². The highest BCUT2D eigenvalue weighted by atomic mass is 16.5. The van der Waals surface area contributed by atoms with Crippen molar-refractivity contribution in [2.45, 2.75) is 19.8 Å². The molecule has 0 saturated heterocycles. The van der Waals surface area contributed by atoms with Crippen molar-refractivity contribution in [3.8, 4) is 5.88 Å². The highest BCUT2D eigenvalue weighted by Gasteiger charge is 2.50. The van der Waals surface area contributed by atoms with Crippen molar-refractivity contribution in [1.82, 2.24) is 9.97 Å². The highest BCUT2D eigenvalue weighted by molar-refractivity contribution is 5.78.